The first kappa shape index (κ1) is 23.0. The Labute approximate surface area is 201 Å². The van der Waals surface area contributed by atoms with E-state index in [2.05, 4.69) is 5.32 Å². The molecule has 1 aliphatic heterocycles. The van der Waals surface area contributed by atoms with Crippen LogP contribution in [0, 0.1) is 6.92 Å². The van der Waals surface area contributed by atoms with Crippen molar-refractivity contribution in [3.05, 3.63) is 64.9 Å². The standard InChI is InChI=1S/C24H25N3O4S2/c1-3-30-23(29)20-19(17-8-5-4-6-9-17)16(2)33-21(20)25-24(32)27-13-11-26(12-14-27)22(28)18-10-7-15-31-18/h4-10,15H,3,11-14H2,1-2H3,(H,25,32). The first-order valence-corrected chi connectivity index (χ1v) is 12.0. The summed E-state index contributed by atoms with van der Waals surface area (Å²) in [4.78, 5) is 30.2. The number of esters is 1. The summed E-state index contributed by atoms with van der Waals surface area (Å²) >= 11 is 7.15. The van der Waals surface area contributed by atoms with Crippen molar-refractivity contribution in [2.45, 2.75) is 13.8 Å². The molecule has 2 aromatic heterocycles. The fourth-order valence-corrected chi connectivity index (χ4v) is 5.24. The van der Waals surface area contributed by atoms with Crippen LogP contribution in [0.25, 0.3) is 11.1 Å². The van der Waals surface area contributed by atoms with Gasteiger partial charge in [-0.3, -0.25) is 4.79 Å². The second kappa shape index (κ2) is 10.2. The summed E-state index contributed by atoms with van der Waals surface area (Å²) in [7, 11) is 0. The molecule has 0 bridgehead atoms. The monoisotopic (exact) mass is 483 g/mol. The number of nitrogens with zero attached hydrogens (tertiary/aromatic N) is 2. The second-order valence-electron chi connectivity index (χ2n) is 7.51. The Morgan fingerprint density at radius 3 is 2.42 bits per heavy atom. The van der Waals surface area contributed by atoms with Crippen LogP contribution < -0.4 is 5.32 Å². The van der Waals surface area contributed by atoms with Crippen molar-refractivity contribution in [1.82, 2.24) is 9.80 Å². The summed E-state index contributed by atoms with van der Waals surface area (Å²) in [6, 6.07) is 13.2. The predicted octanol–water partition coefficient (Wildman–Crippen LogP) is 4.65. The zero-order valence-electron chi connectivity index (χ0n) is 18.5. The van der Waals surface area contributed by atoms with Gasteiger partial charge in [-0.1, -0.05) is 30.3 Å². The minimum Gasteiger partial charge on any atom is -0.462 e. The van der Waals surface area contributed by atoms with Crippen molar-refractivity contribution in [2.24, 2.45) is 0 Å². The number of aryl methyl sites for hydroxylation is 1. The Morgan fingerprint density at radius 1 is 1.09 bits per heavy atom. The third kappa shape index (κ3) is 4.94. The number of benzene rings is 1. The van der Waals surface area contributed by atoms with E-state index < -0.39 is 0 Å². The van der Waals surface area contributed by atoms with E-state index in [0.29, 0.717) is 47.6 Å². The highest BCUT2D eigenvalue weighted by molar-refractivity contribution is 7.80. The maximum atomic E-state index is 12.9. The average molecular weight is 484 g/mol. The number of thiocarbonyl (C=S) groups is 1. The molecule has 1 saturated heterocycles. The topological polar surface area (TPSA) is 75.0 Å². The molecule has 0 unspecified atom stereocenters. The van der Waals surface area contributed by atoms with E-state index in [-0.39, 0.29) is 18.5 Å². The molecule has 9 heteroatoms. The van der Waals surface area contributed by atoms with Gasteiger partial charge in [0, 0.05) is 36.6 Å². The SMILES string of the molecule is CCOC(=O)c1c(NC(=S)N2CCN(C(=O)c3ccco3)CC2)sc(C)c1-c1ccccc1. The van der Waals surface area contributed by atoms with Crippen LogP contribution in [0.4, 0.5) is 5.00 Å². The van der Waals surface area contributed by atoms with Gasteiger partial charge in [-0.05, 0) is 43.8 Å². The molecular weight excluding hydrogens is 458 g/mol. The number of anilines is 1. The zero-order chi connectivity index (χ0) is 23.4. The molecule has 7 nitrogen and oxygen atoms in total. The van der Waals surface area contributed by atoms with Crippen molar-refractivity contribution in [3.63, 3.8) is 0 Å². The zero-order valence-corrected chi connectivity index (χ0v) is 20.1. The lowest BCUT2D eigenvalue weighted by atomic mass is 10.0. The van der Waals surface area contributed by atoms with Crippen LogP contribution in [0.2, 0.25) is 0 Å². The fourth-order valence-electron chi connectivity index (χ4n) is 3.83. The van der Waals surface area contributed by atoms with Gasteiger partial charge in [0.15, 0.2) is 10.9 Å². The van der Waals surface area contributed by atoms with Gasteiger partial charge in [-0.25, -0.2) is 4.79 Å². The van der Waals surface area contributed by atoms with Gasteiger partial charge in [-0.15, -0.1) is 11.3 Å². The molecule has 3 aromatic rings. The molecule has 1 aromatic carbocycles. The third-order valence-corrected chi connectivity index (χ3v) is 6.81. The van der Waals surface area contributed by atoms with E-state index in [0.717, 1.165) is 16.0 Å². The summed E-state index contributed by atoms with van der Waals surface area (Å²) in [6.07, 6.45) is 1.50. The van der Waals surface area contributed by atoms with Gasteiger partial charge >= 0.3 is 5.97 Å². The Kier molecular flexibility index (Phi) is 7.10. The lowest BCUT2D eigenvalue weighted by Gasteiger charge is -2.35. The van der Waals surface area contributed by atoms with Crippen LogP contribution in [-0.2, 0) is 4.74 Å². The highest BCUT2D eigenvalue weighted by Gasteiger charge is 2.28. The van der Waals surface area contributed by atoms with Gasteiger partial charge in [0.25, 0.3) is 5.91 Å². The summed E-state index contributed by atoms with van der Waals surface area (Å²) < 4.78 is 10.6. The number of nitrogens with one attached hydrogen (secondary N) is 1. The Bertz CT molecular complexity index is 1130. The molecule has 1 aliphatic rings. The molecule has 1 amide bonds. The third-order valence-electron chi connectivity index (χ3n) is 5.43. The van der Waals surface area contributed by atoms with E-state index >= 15 is 0 Å². The van der Waals surface area contributed by atoms with E-state index in [1.807, 2.05) is 42.2 Å². The minimum atomic E-state index is -0.375. The number of thiophene rings is 1. The number of hydrogen-bond donors (Lipinski definition) is 1. The number of ether oxygens (including phenoxy) is 1. The van der Waals surface area contributed by atoms with Crippen LogP contribution in [0.5, 0.6) is 0 Å². The number of rotatable bonds is 5. The molecular formula is C24H25N3O4S2. The van der Waals surface area contributed by atoms with E-state index in [1.54, 1.807) is 24.0 Å². The molecule has 4 rings (SSSR count). The molecule has 0 spiro atoms. The highest BCUT2D eigenvalue weighted by atomic mass is 32.1. The predicted molar refractivity (Wildman–Crippen MR) is 133 cm³/mol. The number of carbonyl (C=O) groups excluding carboxylic acids is 2. The van der Waals surface area contributed by atoms with Crippen LogP contribution in [0.15, 0.2) is 53.1 Å². The first-order valence-electron chi connectivity index (χ1n) is 10.7. The Morgan fingerprint density at radius 2 is 1.79 bits per heavy atom. The van der Waals surface area contributed by atoms with E-state index in [9.17, 15) is 9.59 Å². The fraction of sp³-hybridized carbons (Fsp3) is 0.292. The van der Waals surface area contributed by atoms with E-state index in [4.69, 9.17) is 21.4 Å². The second-order valence-corrected chi connectivity index (χ2v) is 9.12. The van der Waals surface area contributed by atoms with Crippen molar-refractivity contribution < 1.29 is 18.7 Å². The maximum Gasteiger partial charge on any atom is 0.341 e. The highest BCUT2D eigenvalue weighted by Crippen LogP contribution is 2.40. The quantitative estimate of drug-likeness (QED) is 0.418. The van der Waals surface area contributed by atoms with Crippen LogP contribution in [0.1, 0.15) is 32.7 Å². The number of hydrogen-bond acceptors (Lipinski definition) is 6. The lowest BCUT2D eigenvalue weighted by molar-refractivity contribution is 0.0528. The largest absolute Gasteiger partial charge is 0.462 e. The molecule has 3 heterocycles. The number of piperazine rings is 1. The van der Waals surface area contributed by atoms with Gasteiger partial charge < -0.3 is 24.3 Å². The summed E-state index contributed by atoms with van der Waals surface area (Å²) in [5.41, 5.74) is 2.32. The molecule has 0 saturated carbocycles. The van der Waals surface area contributed by atoms with Crippen LogP contribution >= 0.6 is 23.6 Å². The first-order chi connectivity index (χ1) is 16.0. The van der Waals surface area contributed by atoms with Gasteiger partial charge in [0.2, 0.25) is 0 Å². The van der Waals surface area contributed by atoms with Crippen molar-refractivity contribution in [2.75, 3.05) is 38.1 Å². The molecule has 0 radical (unpaired) electrons. The molecule has 172 valence electrons. The summed E-state index contributed by atoms with van der Waals surface area (Å²) in [6.45, 7) is 6.31. The Balaban J connectivity index is 1.50. The summed E-state index contributed by atoms with van der Waals surface area (Å²) in [5.74, 6) is -0.157. The van der Waals surface area contributed by atoms with Crippen molar-refractivity contribution >= 4 is 45.5 Å². The molecule has 0 aliphatic carbocycles. The Hall–Kier alpha value is -3.17. The molecule has 1 fully saturated rings. The number of carbonyl (C=O) groups is 2. The lowest BCUT2D eigenvalue weighted by Crippen LogP contribution is -2.51. The van der Waals surface area contributed by atoms with Gasteiger partial charge in [-0.2, -0.15) is 0 Å². The van der Waals surface area contributed by atoms with Crippen molar-refractivity contribution in [1.29, 1.82) is 0 Å². The van der Waals surface area contributed by atoms with Gasteiger partial charge in [0.05, 0.1) is 12.9 Å². The van der Waals surface area contributed by atoms with Crippen LogP contribution in [-0.4, -0.2) is 59.6 Å². The van der Waals surface area contributed by atoms with Gasteiger partial charge in [0.1, 0.15) is 10.6 Å². The molecule has 33 heavy (non-hydrogen) atoms. The minimum absolute atomic E-state index is 0.121. The maximum absolute atomic E-state index is 12.9. The summed E-state index contributed by atoms with van der Waals surface area (Å²) in [5, 5.41) is 4.47. The molecule has 1 N–H and O–H groups in total. The van der Waals surface area contributed by atoms with Crippen LogP contribution in [0.3, 0.4) is 0 Å². The normalized spacial score (nSPS) is 13.6. The van der Waals surface area contributed by atoms with E-state index in [1.165, 1.54) is 17.6 Å². The average Bonchev–Trinajstić information content (AvgIpc) is 3.47. The smallest absolute Gasteiger partial charge is 0.341 e. The number of furan rings is 1. The number of amides is 1. The molecule has 0 atom stereocenters. The van der Waals surface area contributed by atoms with Crippen molar-refractivity contribution in [3.8, 4) is 11.1 Å².